The number of hydrogen-bond acceptors (Lipinski definition) is 0. The molecule has 0 aliphatic heterocycles. The summed E-state index contributed by atoms with van der Waals surface area (Å²) in [6.45, 7) is 20.6. The lowest BCUT2D eigenvalue weighted by atomic mass is 9.80. The molecule has 0 unspecified atom stereocenters. The highest BCUT2D eigenvalue weighted by molar-refractivity contribution is 5.86. The maximum Gasteiger partial charge on any atom is 0.0120 e. The van der Waals surface area contributed by atoms with Crippen LogP contribution in [0.3, 0.4) is 0 Å². The Balaban J connectivity index is 0.000000789. The Labute approximate surface area is 138 Å². The summed E-state index contributed by atoms with van der Waals surface area (Å²) >= 11 is 0. The summed E-state index contributed by atoms with van der Waals surface area (Å²) in [5.41, 5.74) is 7.48. The van der Waals surface area contributed by atoms with E-state index < -0.39 is 0 Å². The highest BCUT2D eigenvalue weighted by atomic mass is 14.4. The van der Waals surface area contributed by atoms with Gasteiger partial charge < -0.3 is 0 Å². The number of fused-ring (bicyclic) bond motifs is 1. The fraction of sp³-hybridized carbons (Fsp3) is 0.455. The van der Waals surface area contributed by atoms with Gasteiger partial charge in [0, 0.05) is 5.41 Å². The van der Waals surface area contributed by atoms with Crippen LogP contribution >= 0.6 is 0 Å². The molecule has 22 heavy (non-hydrogen) atoms. The molecule has 0 atom stereocenters. The van der Waals surface area contributed by atoms with Crippen molar-refractivity contribution in [3.05, 3.63) is 65.3 Å². The van der Waals surface area contributed by atoms with Crippen molar-refractivity contribution in [2.45, 2.75) is 67.2 Å². The zero-order valence-electron chi connectivity index (χ0n) is 15.9. The van der Waals surface area contributed by atoms with Crippen LogP contribution < -0.4 is 0 Å². The van der Waals surface area contributed by atoms with Gasteiger partial charge in [0.15, 0.2) is 0 Å². The average Bonchev–Trinajstić information content (AvgIpc) is 2.69. The Morgan fingerprint density at radius 1 is 1.14 bits per heavy atom. The minimum atomic E-state index is 0.187. The Morgan fingerprint density at radius 3 is 2.09 bits per heavy atom. The molecule has 0 radical (unpaired) electrons. The Bertz CT molecular complexity index is 535. The summed E-state index contributed by atoms with van der Waals surface area (Å²) in [5, 5.41) is 0. The molecule has 0 heteroatoms. The normalized spacial score (nSPS) is 14.0. The highest BCUT2D eigenvalue weighted by Gasteiger charge is 2.35. The van der Waals surface area contributed by atoms with E-state index in [0.29, 0.717) is 0 Å². The molecule has 2 rings (SSSR count). The first-order chi connectivity index (χ1) is 10.4. The molecule has 1 aromatic carbocycles. The summed E-state index contributed by atoms with van der Waals surface area (Å²) in [6.07, 6.45) is 5.22. The van der Waals surface area contributed by atoms with E-state index in [2.05, 4.69) is 71.5 Å². The van der Waals surface area contributed by atoms with Gasteiger partial charge in [0.05, 0.1) is 0 Å². The first-order valence-electron chi connectivity index (χ1n) is 8.45. The maximum absolute atomic E-state index is 3.36. The van der Waals surface area contributed by atoms with Gasteiger partial charge in [0.1, 0.15) is 0 Å². The topological polar surface area (TPSA) is 0 Å². The van der Waals surface area contributed by atoms with Crippen molar-refractivity contribution >= 4 is 5.57 Å². The Hall–Kier alpha value is -1.56. The molecule has 0 spiro atoms. The molecule has 1 aromatic rings. The molecule has 0 nitrogen and oxygen atoms in total. The van der Waals surface area contributed by atoms with Crippen molar-refractivity contribution in [1.29, 1.82) is 0 Å². The van der Waals surface area contributed by atoms with Crippen molar-refractivity contribution in [2.75, 3.05) is 0 Å². The molecule has 1 aliphatic carbocycles. The minimum Gasteiger partial charge on any atom is -0.103 e. The summed E-state index contributed by atoms with van der Waals surface area (Å²) in [5.74, 6) is 0. The fourth-order valence-corrected chi connectivity index (χ4v) is 3.01. The molecular formula is C22H34. The van der Waals surface area contributed by atoms with Crippen molar-refractivity contribution in [3.63, 3.8) is 0 Å². The van der Waals surface area contributed by atoms with Gasteiger partial charge >= 0.3 is 0 Å². The van der Waals surface area contributed by atoms with Gasteiger partial charge in [-0.2, -0.15) is 0 Å². The van der Waals surface area contributed by atoms with Crippen LogP contribution in [-0.4, -0.2) is 0 Å². The number of benzene rings is 1. The van der Waals surface area contributed by atoms with Crippen LogP contribution in [0.2, 0.25) is 0 Å². The van der Waals surface area contributed by atoms with Gasteiger partial charge in [-0.25, -0.2) is 0 Å². The predicted octanol–water partition coefficient (Wildman–Crippen LogP) is 7.33. The van der Waals surface area contributed by atoms with E-state index in [-0.39, 0.29) is 5.41 Å². The minimum absolute atomic E-state index is 0.187. The molecule has 1 aliphatic rings. The molecule has 0 heterocycles. The van der Waals surface area contributed by atoms with E-state index in [1.54, 1.807) is 11.6 Å². The molecule has 0 saturated heterocycles. The molecule has 0 amide bonds. The van der Waals surface area contributed by atoms with Crippen molar-refractivity contribution in [2.24, 2.45) is 0 Å². The SMILES string of the molecule is C=CC.CC.CCC1=C(C=C(C)C)c2ccccc2C1(C)C. The van der Waals surface area contributed by atoms with Crippen molar-refractivity contribution in [1.82, 2.24) is 0 Å². The van der Waals surface area contributed by atoms with E-state index >= 15 is 0 Å². The number of hydrogen-bond donors (Lipinski definition) is 0. The molecule has 0 aromatic heterocycles. The van der Waals surface area contributed by atoms with E-state index in [1.165, 1.54) is 22.3 Å². The zero-order chi connectivity index (χ0) is 17.3. The number of rotatable bonds is 2. The van der Waals surface area contributed by atoms with Crippen LogP contribution in [0.25, 0.3) is 5.57 Å². The Kier molecular flexibility index (Phi) is 8.79. The van der Waals surface area contributed by atoms with Gasteiger partial charge in [-0.05, 0) is 43.9 Å². The van der Waals surface area contributed by atoms with E-state index in [1.807, 2.05) is 20.8 Å². The lowest BCUT2D eigenvalue weighted by Crippen LogP contribution is -2.16. The molecule has 122 valence electrons. The van der Waals surface area contributed by atoms with Gasteiger partial charge in [-0.3, -0.25) is 0 Å². The van der Waals surface area contributed by atoms with E-state index in [0.717, 1.165) is 6.42 Å². The van der Waals surface area contributed by atoms with Gasteiger partial charge in [-0.1, -0.05) is 82.2 Å². The molecule has 0 N–H and O–H groups in total. The molecule has 0 bridgehead atoms. The monoisotopic (exact) mass is 298 g/mol. The van der Waals surface area contributed by atoms with Gasteiger partial charge in [0.2, 0.25) is 0 Å². The molecular weight excluding hydrogens is 264 g/mol. The molecule has 0 saturated carbocycles. The van der Waals surface area contributed by atoms with E-state index in [4.69, 9.17) is 0 Å². The molecule has 0 fully saturated rings. The summed E-state index contributed by atoms with van der Waals surface area (Å²) in [6, 6.07) is 8.83. The lowest BCUT2D eigenvalue weighted by molar-refractivity contribution is 0.617. The highest BCUT2D eigenvalue weighted by Crippen LogP contribution is 2.47. The quantitative estimate of drug-likeness (QED) is 0.501. The smallest absolute Gasteiger partial charge is 0.0120 e. The lowest BCUT2D eigenvalue weighted by Gasteiger charge is -2.23. The second kappa shape index (κ2) is 9.46. The van der Waals surface area contributed by atoms with Gasteiger partial charge in [-0.15, -0.1) is 6.58 Å². The third kappa shape index (κ3) is 4.47. The predicted molar refractivity (Wildman–Crippen MR) is 103 cm³/mol. The summed E-state index contributed by atoms with van der Waals surface area (Å²) in [4.78, 5) is 0. The van der Waals surface area contributed by atoms with Crippen LogP contribution in [0.4, 0.5) is 0 Å². The average molecular weight is 299 g/mol. The fourth-order valence-electron chi connectivity index (χ4n) is 3.01. The van der Waals surface area contributed by atoms with Crippen LogP contribution in [0.15, 0.2) is 54.1 Å². The number of allylic oxidation sites excluding steroid dienone is 5. The van der Waals surface area contributed by atoms with Crippen LogP contribution in [0.5, 0.6) is 0 Å². The third-order valence-electron chi connectivity index (χ3n) is 3.76. The maximum atomic E-state index is 3.36. The van der Waals surface area contributed by atoms with Gasteiger partial charge in [0.25, 0.3) is 0 Å². The van der Waals surface area contributed by atoms with Crippen LogP contribution in [0.1, 0.15) is 72.9 Å². The first-order valence-corrected chi connectivity index (χ1v) is 8.45. The first kappa shape index (κ1) is 20.4. The van der Waals surface area contributed by atoms with Crippen LogP contribution in [-0.2, 0) is 5.41 Å². The van der Waals surface area contributed by atoms with E-state index in [9.17, 15) is 0 Å². The van der Waals surface area contributed by atoms with Crippen molar-refractivity contribution in [3.8, 4) is 0 Å². The summed E-state index contributed by atoms with van der Waals surface area (Å²) < 4.78 is 0. The second-order valence-corrected chi connectivity index (χ2v) is 6.05. The largest absolute Gasteiger partial charge is 0.103 e. The van der Waals surface area contributed by atoms with Crippen LogP contribution in [0, 0.1) is 0 Å². The second-order valence-electron chi connectivity index (χ2n) is 6.05. The van der Waals surface area contributed by atoms with Crippen molar-refractivity contribution < 1.29 is 0 Å². The summed E-state index contributed by atoms with van der Waals surface area (Å²) in [7, 11) is 0. The standard InChI is InChI=1S/C17H22.C3H6.C2H6/c1-6-15-14(11-12(2)3)13-9-7-8-10-16(13)17(15,4)5;1-3-2;1-2/h7-11H,6H2,1-5H3;3H,1H2,2H3;1-2H3. The Morgan fingerprint density at radius 2 is 1.64 bits per heavy atom. The zero-order valence-corrected chi connectivity index (χ0v) is 15.9. The third-order valence-corrected chi connectivity index (χ3v) is 3.76.